The van der Waals surface area contributed by atoms with Gasteiger partial charge in [0.2, 0.25) is 0 Å². The van der Waals surface area contributed by atoms with E-state index in [0.717, 1.165) is 0 Å². The molecule has 0 aliphatic heterocycles. The Morgan fingerprint density at radius 3 is 2.78 bits per heavy atom. The van der Waals surface area contributed by atoms with Crippen molar-refractivity contribution in [2.24, 2.45) is 5.84 Å². The highest BCUT2D eigenvalue weighted by atomic mass is 35.5. The van der Waals surface area contributed by atoms with Crippen molar-refractivity contribution in [2.45, 2.75) is 6.61 Å². The van der Waals surface area contributed by atoms with Crippen LogP contribution in [0.5, 0.6) is 5.75 Å². The molecule has 0 aliphatic rings. The van der Waals surface area contributed by atoms with Gasteiger partial charge in [0.1, 0.15) is 6.61 Å². The van der Waals surface area contributed by atoms with Gasteiger partial charge in [-0.25, -0.2) is 15.2 Å². The lowest BCUT2D eigenvalue weighted by Gasteiger charge is -2.08. The fraction of sp³-hybridized carbons (Fsp3) is 0.0909. The predicted octanol–water partition coefficient (Wildman–Crippen LogP) is 2.13. The van der Waals surface area contributed by atoms with Gasteiger partial charge in [0.15, 0.2) is 17.4 Å². The Labute approximate surface area is 108 Å². The Morgan fingerprint density at radius 2 is 2.17 bits per heavy atom. The number of benzene rings is 1. The third kappa shape index (κ3) is 2.85. The van der Waals surface area contributed by atoms with Gasteiger partial charge in [-0.2, -0.15) is 0 Å². The van der Waals surface area contributed by atoms with Crippen LogP contribution >= 0.6 is 11.6 Å². The first kappa shape index (κ1) is 12.5. The highest BCUT2D eigenvalue weighted by Crippen LogP contribution is 2.27. The zero-order chi connectivity index (χ0) is 13.0. The lowest BCUT2D eigenvalue weighted by Crippen LogP contribution is -2.09. The standard InChI is InChI=1S/C11H10ClFN4O/c12-8-2-1-3-9(13)11(8)18-6-7-4-16-10(17-14)5-15-7/h1-5H,6,14H2,(H,16,17). The van der Waals surface area contributed by atoms with Crippen LogP contribution in [0.15, 0.2) is 30.6 Å². The van der Waals surface area contributed by atoms with E-state index in [2.05, 4.69) is 15.4 Å². The summed E-state index contributed by atoms with van der Waals surface area (Å²) in [4.78, 5) is 7.98. The first-order valence-electron chi connectivity index (χ1n) is 5.05. The van der Waals surface area contributed by atoms with E-state index in [1.807, 2.05) is 0 Å². The highest BCUT2D eigenvalue weighted by Gasteiger charge is 2.08. The van der Waals surface area contributed by atoms with Crippen LogP contribution in [0.3, 0.4) is 0 Å². The van der Waals surface area contributed by atoms with E-state index in [0.29, 0.717) is 11.5 Å². The fourth-order valence-corrected chi connectivity index (χ4v) is 1.49. The zero-order valence-electron chi connectivity index (χ0n) is 9.23. The SMILES string of the molecule is NNc1cnc(COc2c(F)cccc2Cl)cn1. The minimum Gasteiger partial charge on any atom is -0.483 e. The molecule has 3 N–H and O–H groups in total. The summed E-state index contributed by atoms with van der Waals surface area (Å²) in [5.41, 5.74) is 2.89. The van der Waals surface area contributed by atoms with Gasteiger partial charge in [0.25, 0.3) is 0 Å². The smallest absolute Gasteiger partial charge is 0.174 e. The predicted molar refractivity (Wildman–Crippen MR) is 65.6 cm³/mol. The van der Waals surface area contributed by atoms with E-state index in [1.54, 1.807) is 6.07 Å². The second kappa shape index (κ2) is 5.61. The van der Waals surface area contributed by atoms with Crippen LogP contribution in [-0.4, -0.2) is 9.97 Å². The second-order valence-electron chi connectivity index (χ2n) is 3.38. The molecule has 0 saturated heterocycles. The molecule has 0 atom stereocenters. The summed E-state index contributed by atoms with van der Waals surface area (Å²) in [6, 6.07) is 4.33. The van der Waals surface area contributed by atoms with Crippen molar-refractivity contribution >= 4 is 17.4 Å². The Hall–Kier alpha value is -1.92. The summed E-state index contributed by atoms with van der Waals surface area (Å²) in [7, 11) is 0. The molecule has 5 nitrogen and oxygen atoms in total. The van der Waals surface area contributed by atoms with E-state index in [-0.39, 0.29) is 17.4 Å². The molecule has 1 aromatic heterocycles. The van der Waals surface area contributed by atoms with Crippen LogP contribution in [0, 0.1) is 5.82 Å². The van der Waals surface area contributed by atoms with E-state index >= 15 is 0 Å². The molecule has 18 heavy (non-hydrogen) atoms. The zero-order valence-corrected chi connectivity index (χ0v) is 9.99. The van der Waals surface area contributed by atoms with Gasteiger partial charge >= 0.3 is 0 Å². The average molecular weight is 269 g/mol. The topological polar surface area (TPSA) is 73.1 Å². The first-order valence-corrected chi connectivity index (χ1v) is 5.43. The van der Waals surface area contributed by atoms with E-state index < -0.39 is 5.82 Å². The number of hydrazine groups is 1. The molecule has 1 heterocycles. The number of aromatic nitrogens is 2. The molecule has 2 aromatic rings. The number of nitrogens with zero attached hydrogens (tertiary/aromatic N) is 2. The third-order valence-corrected chi connectivity index (χ3v) is 2.43. The van der Waals surface area contributed by atoms with Crippen molar-refractivity contribution in [1.82, 2.24) is 9.97 Å². The Bertz CT molecular complexity index is 515. The number of ether oxygens (including phenoxy) is 1. The number of hydrogen-bond donors (Lipinski definition) is 2. The molecule has 94 valence electrons. The lowest BCUT2D eigenvalue weighted by atomic mass is 10.3. The second-order valence-corrected chi connectivity index (χ2v) is 3.78. The van der Waals surface area contributed by atoms with E-state index in [1.165, 1.54) is 24.5 Å². The van der Waals surface area contributed by atoms with Crippen molar-refractivity contribution in [2.75, 3.05) is 5.43 Å². The minimum absolute atomic E-state index is 0.00185. The summed E-state index contributed by atoms with van der Waals surface area (Å²) in [5.74, 6) is 5.07. The van der Waals surface area contributed by atoms with Gasteiger partial charge in [0.05, 0.1) is 23.1 Å². The summed E-state index contributed by atoms with van der Waals surface area (Å²) < 4.78 is 18.7. The van der Waals surface area contributed by atoms with Crippen molar-refractivity contribution < 1.29 is 9.13 Å². The summed E-state index contributed by atoms with van der Waals surface area (Å²) in [6.07, 6.45) is 2.92. The molecule has 0 spiro atoms. The van der Waals surface area contributed by atoms with Gasteiger partial charge in [-0.05, 0) is 12.1 Å². The van der Waals surface area contributed by atoms with Gasteiger partial charge in [0, 0.05) is 0 Å². The number of nitrogen functional groups attached to an aromatic ring is 1. The quantitative estimate of drug-likeness (QED) is 0.656. The number of nitrogens with one attached hydrogen (secondary N) is 1. The molecule has 0 amide bonds. The summed E-state index contributed by atoms with van der Waals surface area (Å²) in [5, 5.41) is 0.211. The monoisotopic (exact) mass is 268 g/mol. The third-order valence-electron chi connectivity index (χ3n) is 2.14. The van der Waals surface area contributed by atoms with Crippen LogP contribution in [0.2, 0.25) is 5.02 Å². The molecule has 0 saturated carbocycles. The average Bonchev–Trinajstić information content (AvgIpc) is 2.39. The Kier molecular flexibility index (Phi) is 3.91. The van der Waals surface area contributed by atoms with Crippen LogP contribution in [0.4, 0.5) is 10.2 Å². The molecule has 0 unspecified atom stereocenters. The Balaban J connectivity index is 2.06. The fourth-order valence-electron chi connectivity index (χ4n) is 1.27. The maximum atomic E-state index is 13.4. The van der Waals surface area contributed by atoms with Crippen LogP contribution in [0.25, 0.3) is 0 Å². The van der Waals surface area contributed by atoms with Crippen LogP contribution in [-0.2, 0) is 6.61 Å². The molecular weight excluding hydrogens is 259 g/mol. The summed E-state index contributed by atoms with van der Waals surface area (Å²) in [6.45, 7) is 0.0680. The van der Waals surface area contributed by atoms with Crippen LogP contribution < -0.4 is 16.0 Å². The van der Waals surface area contributed by atoms with Gasteiger partial charge in [-0.15, -0.1) is 0 Å². The van der Waals surface area contributed by atoms with Gasteiger partial charge in [-0.3, -0.25) is 4.98 Å². The number of hydrogen-bond acceptors (Lipinski definition) is 5. The first-order chi connectivity index (χ1) is 8.70. The maximum absolute atomic E-state index is 13.4. The number of nitrogens with two attached hydrogens (primary N) is 1. The lowest BCUT2D eigenvalue weighted by molar-refractivity contribution is 0.285. The normalized spacial score (nSPS) is 10.2. The maximum Gasteiger partial charge on any atom is 0.174 e. The largest absolute Gasteiger partial charge is 0.483 e. The molecule has 7 heteroatoms. The number of anilines is 1. The summed E-state index contributed by atoms with van der Waals surface area (Å²) >= 11 is 5.82. The minimum atomic E-state index is -0.518. The van der Waals surface area contributed by atoms with Crippen molar-refractivity contribution in [1.29, 1.82) is 0 Å². The molecule has 2 rings (SSSR count). The molecule has 1 aromatic carbocycles. The van der Waals surface area contributed by atoms with Crippen molar-refractivity contribution in [3.8, 4) is 5.75 Å². The Morgan fingerprint density at radius 1 is 1.33 bits per heavy atom. The van der Waals surface area contributed by atoms with Crippen molar-refractivity contribution in [3.05, 3.63) is 47.1 Å². The molecule has 0 bridgehead atoms. The van der Waals surface area contributed by atoms with E-state index in [9.17, 15) is 4.39 Å². The van der Waals surface area contributed by atoms with Gasteiger partial charge < -0.3 is 10.2 Å². The highest BCUT2D eigenvalue weighted by molar-refractivity contribution is 6.32. The number of halogens is 2. The number of rotatable bonds is 4. The molecular formula is C11H10ClFN4O. The molecule has 0 fully saturated rings. The van der Waals surface area contributed by atoms with Gasteiger partial charge in [-0.1, -0.05) is 17.7 Å². The number of para-hydroxylation sites is 1. The van der Waals surface area contributed by atoms with Crippen LogP contribution in [0.1, 0.15) is 5.69 Å². The molecule has 0 radical (unpaired) electrons. The van der Waals surface area contributed by atoms with E-state index in [4.69, 9.17) is 22.2 Å². The van der Waals surface area contributed by atoms with Crippen molar-refractivity contribution in [3.63, 3.8) is 0 Å². The molecule has 0 aliphatic carbocycles.